The number of esters is 1. The van der Waals surface area contributed by atoms with E-state index in [1.807, 2.05) is 13.8 Å². The summed E-state index contributed by atoms with van der Waals surface area (Å²) in [4.78, 5) is 28.4. The lowest BCUT2D eigenvalue weighted by Crippen LogP contribution is -2.38. The second-order valence-electron chi connectivity index (χ2n) is 5.45. The minimum Gasteiger partial charge on any atom is -0.458 e. The molecule has 1 saturated carbocycles. The largest absolute Gasteiger partial charge is 0.458 e. The predicted molar refractivity (Wildman–Crippen MR) is 72.6 cm³/mol. The maximum Gasteiger partial charge on any atom is 0.355 e. The summed E-state index contributed by atoms with van der Waals surface area (Å²) < 4.78 is 5.35. The maximum atomic E-state index is 12.2. The molecule has 1 aliphatic carbocycles. The summed E-state index contributed by atoms with van der Waals surface area (Å²) in [6, 6.07) is -0.0212. The van der Waals surface area contributed by atoms with Gasteiger partial charge in [-0.2, -0.15) is 0 Å². The van der Waals surface area contributed by atoms with Gasteiger partial charge in [-0.1, -0.05) is 19.8 Å². The summed E-state index contributed by atoms with van der Waals surface area (Å²) in [5.41, 5.74) is 0.399. The SMILES string of the molecule is CCC(C)OC(=O)C1=NN(OC(C)=O)C2CCCCC12. The van der Waals surface area contributed by atoms with Crippen molar-refractivity contribution in [1.29, 1.82) is 0 Å². The van der Waals surface area contributed by atoms with E-state index in [1.165, 1.54) is 12.1 Å². The highest BCUT2D eigenvalue weighted by atomic mass is 16.7. The fraction of sp³-hybridized carbons (Fsp3) is 0.786. The van der Waals surface area contributed by atoms with E-state index in [9.17, 15) is 9.59 Å². The third-order valence-corrected chi connectivity index (χ3v) is 3.89. The monoisotopic (exact) mass is 282 g/mol. The number of rotatable bonds is 4. The van der Waals surface area contributed by atoms with E-state index in [2.05, 4.69) is 5.10 Å². The Hall–Kier alpha value is -1.59. The lowest BCUT2D eigenvalue weighted by molar-refractivity contribution is -0.200. The first-order chi connectivity index (χ1) is 9.52. The zero-order valence-electron chi connectivity index (χ0n) is 12.3. The number of hydrogen-bond acceptors (Lipinski definition) is 6. The number of hydrazone groups is 1. The number of fused-ring (bicyclic) bond motifs is 1. The summed E-state index contributed by atoms with van der Waals surface area (Å²) in [7, 11) is 0. The Labute approximate surface area is 119 Å². The maximum absolute atomic E-state index is 12.2. The Kier molecular flexibility index (Phi) is 4.62. The van der Waals surface area contributed by atoms with Gasteiger partial charge in [-0.05, 0) is 26.2 Å². The van der Waals surface area contributed by atoms with E-state index < -0.39 is 5.97 Å². The quantitative estimate of drug-likeness (QED) is 0.738. The van der Waals surface area contributed by atoms with Crippen molar-refractivity contribution in [3.63, 3.8) is 0 Å². The third-order valence-electron chi connectivity index (χ3n) is 3.89. The van der Waals surface area contributed by atoms with Gasteiger partial charge in [-0.3, -0.25) is 0 Å². The highest BCUT2D eigenvalue weighted by Crippen LogP contribution is 2.35. The van der Waals surface area contributed by atoms with Crippen LogP contribution in [0.25, 0.3) is 0 Å². The average Bonchev–Trinajstić information content (AvgIpc) is 2.77. The molecule has 0 amide bonds. The van der Waals surface area contributed by atoms with Crippen LogP contribution in [0.4, 0.5) is 0 Å². The highest BCUT2D eigenvalue weighted by Gasteiger charge is 2.44. The van der Waals surface area contributed by atoms with Crippen LogP contribution in [-0.4, -0.2) is 35.0 Å². The predicted octanol–water partition coefficient (Wildman–Crippen LogP) is 2.04. The Balaban J connectivity index is 2.12. The third kappa shape index (κ3) is 3.11. The molecule has 6 nitrogen and oxygen atoms in total. The topological polar surface area (TPSA) is 68.2 Å². The molecule has 1 fully saturated rings. The second-order valence-corrected chi connectivity index (χ2v) is 5.45. The van der Waals surface area contributed by atoms with E-state index in [4.69, 9.17) is 9.57 Å². The summed E-state index contributed by atoms with van der Waals surface area (Å²) in [5, 5.41) is 5.50. The number of hydrogen-bond donors (Lipinski definition) is 0. The van der Waals surface area contributed by atoms with E-state index in [0.717, 1.165) is 32.1 Å². The van der Waals surface area contributed by atoms with Crippen LogP contribution in [0, 0.1) is 5.92 Å². The first-order valence-corrected chi connectivity index (χ1v) is 7.30. The summed E-state index contributed by atoms with van der Waals surface area (Å²) in [6.07, 6.45) is 4.52. The average molecular weight is 282 g/mol. The minimum absolute atomic E-state index is 0.0136. The highest BCUT2D eigenvalue weighted by molar-refractivity contribution is 6.37. The lowest BCUT2D eigenvalue weighted by Gasteiger charge is -2.29. The standard InChI is InChI=1S/C14H22N2O4/c1-4-9(2)19-14(18)13-11-7-5-6-8-12(11)16(15-13)20-10(3)17/h9,11-12H,4-8H2,1-3H3. The molecular weight excluding hydrogens is 260 g/mol. The summed E-state index contributed by atoms with van der Waals surface area (Å²) in [5.74, 6) is -0.792. The molecule has 0 bridgehead atoms. The van der Waals surface area contributed by atoms with Crippen LogP contribution in [0.5, 0.6) is 0 Å². The van der Waals surface area contributed by atoms with E-state index >= 15 is 0 Å². The molecule has 112 valence electrons. The smallest absolute Gasteiger partial charge is 0.355 e. The van der Waals surface area contributed by atoms with Crippen molar-refractivity contribution in [3.05, 3.63) is 0 Å². The molecule has 1 heterocycles. The Morgan fingerprint density at radius 3 is 2.75 bits per heavy atom. The second kappa shape index (κ2) is 6.24. The van der Waals surface area contributed by atoms with E-state index in [1.54, 1.807) is 0 Å². The van der Waals surface area contributed by atoms with Crippen molar-refractivity contribution >= 4 is 17.7 Å². The van der Waals surface area contributed by atoms with Gasteiger partial charge in [0.25, 0.3) is 0 Å². The number of carbonyl (C=O) groups excluding carboxylic acids is 2. The molecule has 0 radical (unpaired) electrons. The van der Waals surface area contributed by atoms with Crippen molar-refractivity contribution in [2.45, 2.75) is 65.0 Å². The number of ether oxygens (including phenoxy) is 1. The molecule has 3 atom stereocenters. The van der Waals surface area contributed by atoms with Gasteiger partial charge in [0.05, 0.1) is 12.1 Å². The molecular formula is C14H22N2O4. The van der Waals surface area contributed by atoms with Gasteiger partial charge < -0.3 is 9.57 Å². The van der Waals surface area contributed by atoms with Crippen LogP contribution in [0.1, 0.15) is 52.9 Å². The van der Waals surface area contributed by atoms with Gasteiger partial charge in [0.2, 0.25) is 0 Å². The van der Waals surface area contributed by atoms with Gasteiger partial charge in [-0.25, -0.2) is 9.59 Å². The van der Waals surface area contributed by atoms with Crippen molar-refractivity contribution in [2.24, 2.45) is 11.0 Å². The first kappa shape index (κ1) is 14.8. The fourth-order valence-corrected chi connectivity index (χ4v) is 2.69. The van der Waals surface area contributed by atoms with Crippen LogP contribution >= 0.6 is 0 Å². The number of nitrogens with zero attached hydrogens (tertiary/aromatic N) is 2. The van der Waals surface area contributed by atoms with Crippen LogP contribution < -0.4 is 0 Å². The Morgan fingerprint density at radius 1 is 1.40 bits per heavy atom. The van der Waals surface area contributed by atoms with Gasteiger partial charge in [0.1, 0.15) is 0 Å². The molecule has 1 aliphatic heterocycles. The van der Waals surface area contributed by atoms with Crippen molar-refractivity contribution < 1.29 is 19.2 Å². The normalized spacial score (nSPS) is 26.6. The molecule has 2 aliphatic rings. The Bertz CT molecular complexity index is 421. The molecule has 0 spiro atoms. The van der Waals surface area contributed by atoms with Crippen molar-refractivity contribution in [3.8, 4) is 0 Å². The van der Waals surface area contributed by atoms with Crippen LogP contribution in [-0.2, 0) is 19.2 Å². The molecule has 0 aromatic rings. The molecule has 6 heteroatoms. The number of carbonyl (C=O) groups is 2. The number of hydroxylamine groups is 1. The van der Waals surface area contributed by atoms with Crippen LogP contribution in [0.3, 0.4) is 0 Å². The molecule has 0 aromatic carbocycles. The zero-order chi connectivity index (χ0) is 14.7. The molecule has 0 N–H and O–H groups in total. The van der Waals surface area contributed by atoms with Crippen LogP contribution in [0.2, 0.25) is 0 Å². The Morgan fingerprint density at radius 2 is 2.10 bits per heavy atom. The zero-order valence-corrected chi connectivity index (χ0v) is 12.3. The summed E-state index contributed by atoms with van der Waals surface area (Å²) in [6.45, 7) is 5.15. The van der Waals surface area contributed by atoms with Gasteiger partial charge in [-0.15, -0.1) is 10.3 Å². The molecule has 3 unspecified atom stereocenters. The summed E-state index contributed by atoms with van der Waals surface area (Å²) >= 11 is 0. The van der Waals surface area contributed by atoms with Crippen molar-refractivity contribution in [1.82, 2.24) is 5.17 Å². The van der Waals surface area contributed by atoms with Crippen LogP contribution in [0.15, 0.2) is 5.10 Å². The first-order valence-electron chi connectivity index (χ1n) is 7.30. The van der Waals surface area contributed by atoms with E-state index in [0.29, 0.717) is 5.71 Å². The molecule has 0 saturated heterocycles. The van der Waals surface area contributed by atoms with Gasteiger partial charge >= 0.3 is 11.9 Å². The molecule has 0 aromatic heterocycles. The minimum atomic E-state index is -0.422. The lowest BCUT2D eigenvalue weighted by atomic mass is 9.82. The van der Waals surface area contributed by atoms with Crippen molar-refractivity contribution in [2.75, 3.05) is 0 Å². The van der Waals surface area contributed by atoms with E-state index in [-0.39, 0.29) is 24.0 Å². The van der Waals surface area contributed by atoms with Gasteiger partial charge in [0, 0.05) is 12.8 Å². The fourth-order valence-electron chi connectivity index (χ4n) is 2.69. The van der Waals surface area contributed by atoms with Gasteiger partial charge in [0.15, 0.2) is 5.71 Å². The molecule has 20 heavy (non-hydrogen) atoms. The molecule has 2 rings (SSSR count).